The lowest BCUT2D eigenvalue weighted by atomic mass is 10.1. The van der Waals surface area contributed by atoms with Gasteiger partial charge in [-0.3, -0.25) is 0 Å². The smallest absolute Gasteiger partial charge is 0.335 e. The van der Waals surface area contributed by atoms with Crippen molar-refractivity contribution in [3.8, 4) is 11.5 Å². The Balaban J connectivity index is 1.54. The molecule has 0 unspecified atom stereocenters. The maximum absolute atomic E-state index is 14.6. The monoisotopic (exact) mass is 484 g/mol. The lowest BCUT2D eigenvalue weighted by Gasteiger charge is -2.06. The number of ether oxygens (including phenoxy) is 3. The number of esters is 2. The van der Waals surface area contributed by atoms with E-state index in [0.717, 1.165) is 23.3 Å². The molecule has 6 heteroatoms. The van der Waals surface area contributed by atoms with E-state index in [1.54, 1.807) is 54.6 Å². The lowest BCUT2D eigenvalue weighted by molar-refractivity contribution is -0.138. The van der Waals surface area contributed by atoms with Crippen LogP contribution in [0.4, 0.5) is 4.39 Å². The molecule has 3 aromatic carbocycles. The number of hydrogen-bond acceptors (Lipinski definition) is 5. The van der Waals surface area contributed by atoms with E-state index < -0.39 is 11.9 Å². The summed E-state index contributed by atoms with van der Waals surface area (Å²) in [5.41, 5.74) is 2.94. The summed E-state index contributed by atoms with van der Waals surface area (Å²) in [6.45, 7) is 7.05. The van der Waals surface area contributed by atoms with Crippen LogP contribution in [0.1, 0.15) is 22.3 Å². The molecule has 5 nitrogen and oxygen atoms in total. The summed E-state index contributed by atoms with van der Waals surface area (Å²) in [6, 6.07) is 19.2. The zero-order valence-electron chi connectivity index (χ0n) is 19.6. The van der Waals surface area contributed by atoms with Crippen molar-refractivity contribution in [2.45, 2.75) is 0 Å². The molecule has 0 saturated carbocycles. The lowest BCUT2D eigenvalue weighted by Crippen LogP contribution is -2.10. The fraction of sp³-hybridized carbons (Fsp3) is 0.0667. The molecule has 0 aliphatic rings. The first-order valence-corrected chi connectivity index (χ1v) is 11.1. The minimum absolute atomic E-state index is 0.135. The summed E-state index contributed by atoms with van der Waals surface area (Å²) >= 11 is 0. The highest BCUT2D eigenvalue weighted by Gasteiger charge is 2.02. The van der Waals surface area contributed by atoms with Crippen molar-refractivity contribution in [2.24, 2.45) is 0 Å². The van der Waals surface area contributed by atoms with Crippen LogP contribution in [-0.2, 0) is 14.3 Å². The third-order valence-electron chi connectivity index (χ3n) is 4.86. The van der Waals surface area contributed by atoms with E-state index >= 15 is 0 Å². The van der Waals surface area contributed by atoms with E-state index in [2.05, 4.69) is 13.2 Å². The van der Waals surface area contributed by atoms with Gasteiger partial charge in [0.1, 0.15) is 30.5 Å². The molecule has 0 N–H and O–H groups in total. The molecular weight excluding hydrogens is 459 g/mol. The van der Waals surface area contributed by atoms with Crippen molar-refractivity contribution >= 4 is 36.2 Å². The minimum Gasteiger partial charge on any atom is -0.490 e. The van der Waals surface area contributed by atoms with E-state index in [1.807, 2.05) is 30.4 Å². The second-order valence-electron chi connectivity index (χ2n) is 7.43. The van der Waals surface area contributed by atoms with Gasteiger partial charge >= 0.3 is 11.9 Å². The highest BCUT2D eigenvalue weighted by Crippen LogP contribution is 2.19. The highest BCUT2D eigenvalue weighted by atomic mass is 19.1. The minimum atomic E-state index is -0.519. The Morgan fingerprint density at radius 2 is 1.25 bits per heavy atom. The van der Waals surface area contributed by atoms with Crippen LogP contribution in [0.5, 0.6) is 11.5 Å². The van der Waals surface area contributed by atoms with Crippen molar-refractivity contribution in [2.75, 3.05) is 13.2 Å². The Labute approximate surface area is 209 Å². The first-order chi connectivity index (χ1) is 17.5. The van der Waals surface area contributed by atoms with Gasteiger partial charge < -0.3 is 14.2 Å². The number of halogens is 1. The number of rotatable bonds is 11. The Morgan fingerprint density at radius 3 is 1.86 bits per heavy atom. The van der Waals surface area contributed by atoms with Gasteiger partial charge in [-0.2, -0.15) is 0 Å². The quantitative estimate of drug-likeness (QED) is 0.104. The van der Waals surface area contributed by atoms with Crippen molar-refractivity contribution in [3.63, 3.8) is 0 Å². The van der Waals surface area contributed by atoms with Crippen LogP contribution in [-0.4, -0.2) is 25.2 Å². The van der Waals surface area contributed by atoms with Crippen molar-refractivity contribution in [1.29, 1.82) is 0 Å². The van der Waals surface area contributed by atoms with Gasteiger partial charge in [-0.1, -0.05) is 73.9 Å². The van der Waals surface area contributed by atoms with Crippen molar-refractivity contribution < 1.29 is 28.2 Å². The van der Waals surface area contributed by atoms with Crippen LogP contribution in [0.3, 0.4) is 0 Å². The molecule has 3 rings (SSSR count). The molecule has 0 fully saturated rings. The first kappa shape index (κ1) is 25.9. The van der Waals surface area contributed by atoms with Crippen LogP contribution < -0.4 is 9.47 Å². The SMILES string of the molecule is C=CC(=O)OCCOc1ccc(/C=C/c2ccc(/C=C/c3ccc(OC(=O)C=C)cc3)cc2F)cc1. The molecule has 0 aliphatic heterocycles. The van der Waals surface area contributed by atoms with E-state index in [4.69, 9.17) is 14.2 Å². The zero-order chi connectivity index (χ0) is 25.8. The van der Waals surface area contributed by atoms with Crippen LogP contribution in [0.25, 0.3) is 24.3 Å². The van der Waals surface area contributed by atoms with Gasteiger partial charge in [0.05, 0.1) is 0 Å². The number of carbonyl (C=O) groups excluding carboxylic acids is 2. The van der Waals surface area contributed by atoms with Gasteiger partial charge in [0.2, 0.25) is 0 Å². The molecule has 0 spiro atoms. The van der Waals surface area contributed by atoms with E-state index in [-0.39, 0.29) is 19.0 Å². The van der Waals surface area contributed by atoms with Crippen LogP contribution in [0, 0.1) is 5.82 Å². The fourth-order valence-corrected chi connectivity index (χ4v) is 3.00. The third-order valence-corrected chi connectivity index (χ3v) is 4.86. The van der Waals surface area contributed by atoms with Crippen LogP contribution in [0.2, 0.25) is 0 Å². The number of benzene rings is 3. The van der Waals surface area contributed by atoms with Crippen molar-refractivity contribution in [1.82, 2.24) is 0 Å². The second kappa shape index (κ2) is 13.2. The van der Waals surface area contributed by atoms with Crippen LogP contribution in [0.15, 0.2) is 92.0 Å². The molecule has 0 aliphatic carbocycles. The molecule has 0 radical (unpaired) electrons. The van der Waals surface area contributed by atoms with Crippen LogP contribution >= 0.6 is 0 Å². The highest BCUT2D eigenvalue weighted by molar-refractivity contribution is 5.83. The maximum Gasteiger partial charge on any atom is 0.335 e. The number of hydrogen-bond donors (Lipinski definition) is 0. The summed E-state index contributed by atoms with van der Waals surface area (Å²) in [6.07, 6.45) is 9.36. The average molecular weight is 485 g/mol. The average Bonchev–Trinajstić information content (AvgIpc) is 2.90. The van der Waals surface area contributed by atoms with E-state index in [9.17, 15) is 14.0 Å². The van der Waals surface area contributed by atoms with Gasteiger partial charge in [0.15, 0.2) is 0 Å². The van der Waals surface area contributed by atoms with Gasteiger partial charge in [0, 0.05) is 17.7 Å². The predicted octanol–water partition coefficient (Wildman–Crippen LogP) is 6.37. The molecule has 0 amide bonds. The summed E-state index contributed by atoms with van der Waals surface area (Å²) in [5.74, 6) is -0.288. The Morgan fingerprint density at radius 1 is 0.694 bits per heavy atom. The summed E-state index contributed by atoms with van der Waals surface area (Å²) in [7, 11) is 0. The first-order valence-electron chi connectivity index (χ1n) is 11.1. The molecule has 36 heavy (non-hydrogen) atoms. The molecule has 3 aromatic rings. The van der Waals surface area contributed by atoms with Gasteiger partial charge in [-0.05, 0) is 47.0 Å². The molecule has 0 atom stereocenters. The van der Waals surface area contributed by atoms with Gasteiger partial charge in [-0.15, -0.1) is 0 Å². The normalized spacial score (nSPS) is 10.8. The summed E-state index contributed by atoms with van der Waals surface area (Å²) in [4.78, 5) is 22.2. The summed E-state index contributed by atoms with van der Waals surface area (Å²) in [5, 5.41) is 0. The zero-order valence-corrected chi connectivity index (χ0v) is 19.6. The molecule has 0 aromatic heterocycles. The molecule has 0 saturated heterocycles. The standard InChI is InChI=1S/C30H25FO5/c1-3-29(32)35-20-19-34-26-15-9-23(10-16-26)7-13-25-14-8-24(21-28(25)31)6-5-22-11-17-27(18-12-22)36-30(33)4-2/h3-18,21H,1-2,19-20H2/b6-5+,13-7+. The maximum atomic E-state index is 14.6. The largest absolute Gasteiger partial charge is 0.490 e. The van der Waals surface area contributed by atoms with Crippen molar-refractivity contribution in [3.05, 3.63) is 120 Å². The third kappa shape index (κ3) is 8.25. The molecule has 0 heterocycles. The Kier molecular flexibility index (Phi) is 9.53. The topological polar surface area (TPSA) is 61.8 Å². The van der Waals surface area contributed by atoms with Gasteiger partial charge in [-0.25, -0.2) is 14.0 Å². The Bertz CT molecular complexity index is 1270. The Hall–Kier alpha value is -4.71. The molecular formula is C30H25FO5. The summed E-state index contributed by atoms with van der Waals surface area (Å²) < 4.78 is 30.0. The second-order valence-corrected chi connectivity index (χ2v) is 7.43. The van der Waals surface area contributed by atoms with Gasteiger partial charge in [0.25, 0.3) is 0 Å². The fourth-order valence-electron chi connectivity index (χ4n) is 3.00. The van der Waals surface area contributed by atoms with E-state index in [0.29, 0.717) is 22.6 Å². The molecule has 0 bridgehead atoms. The molecule has 182 valence electrons. The predicted molar refractivity (Wildman–Crippen MR) is 140 cm³/mol. The number of carbonyl (C=O) groups is 2. The van der Waals surface area contributed by atoms with E-state index in [1.165, 1.54) is 6.07 Å².